The van der Waals surface area contributed by atoms with Crippen molar-refractivity contribution in [3.63, 3.8) is 0 Å². The average molecular weight is 408 g/mol. The highest BCUT2D eigenvalue weighted by Crippen LogP contribution is 2.19. The lowest BCUT2D eigenvalue weighted by molar-refractivity contribution is 0.240. The number of nitrogens with zero attached hydrogens (tertiary/aromatic N) is 8. The van der Waals surface area contributed by atoms with Gasteiger partial charge in [0.05, 0.1) is 0 Å². The van der Waals surface area contributed by atoms with Gasteiger partial charge in [0.2, 0.25) is 5.95 Å². The fourth-order valence-electron chi connectivity index (χ4n) is 3.34. The largest absolute Gasteiger partial charge is 0.338 e. The molecule has 0 saturated carbocycles. The minimum absolute atomic E-state index is 0.237. The third-order valence-electron chi connectivity index (χ3n) is 4.92. The van der Waals surface area contributed by atoms with Crippen molar-refractivity contribution >= 4 is 17.7 Å². The summed E-state index contributed by atoms with van der Waals surface area (Å²) < 4.78 is 1.59. The molecule has 1 saturated heterocycles. The molecule has 0 aliphatic carbocycles. The molecule has 30 heavy (non-hydrogen) atoms. The summed E-state index contributed by atoms with van der Waals surface area (Å²) in [4.78, 5) is 25.3. The topological polar surface area (TPSA) is 117 Å². The Kier molecular flexibility index (Phi) is 6.09. The van der Waals surface area contributed by atoms with Gasteiger partial charge in [-0.2, -0.15) is 0 Å². The summed E-state index contributed by atoms with van der Waals surface area (Å²) >= 11 is 0. The highest BCUT2D eigenvalue weighted by atomic mass is 16.2. The first-order chi connectivity index (χ1) is 14.7. The van der Waals surface area contributed by atoms with Crippen LogP contribution < -0.4 is 15.5 Å². The molecule has 2 amide bonds. The molecule has 3 aromatic rings. The van der Waals surface area contributed by atoms with Crippen molar-refractivity contribution in [2.24, 2.45) is 7.05 Å². The quantitative estimate of drug-likeness (QED) is 0.609. The molecular weight excluding hydrogens is 384 g/mol. The zero-order chi connectivity index (χ0) is 20.8. The number of hydrogen-bond donors (Lipinski definition) is 2. The number of carbonyl (C=O) groups excluding carboxylic acids is 1. The molecule has 2 aromatic heterocycles. The number of hydrogen-bond acceptors (Lipinski definition) is 8. The molecular formula is C19H24N10O. The summed E-state index contributed by atoms with van der Waals surface area (Å²) in [5.41, 5.74) is 1.52. The Morgan fingerprint density at radius 1 is 1.10 bits per heavy atom. The van der Waals surface area contributed by atoms with Crippen molar-refractivity contribution in [2.45, 2.75) is 0 Å². The van der Waals surface area contributed by atoms with Gasteiger partial charge in [-0.3, -0.25) is 4.90 Å². The van der Waals surface area contributed by atoms with Crippen molar-refractivity contribution in [3.05, 3.63) is 42.7 Å². The molecule has 1 fully saturated rings. The average Bonchev–Trinajstić information content (AvgIpc) is 3.21. The second-order valence-corrected chi connectivity index (χ2v) is 6.97. The Morgan fingerprint density at radius 3 is 2.63 bits per heavy atom. The van der Waals surface area contributed by atoms with E-state index in [1.807, 2.05) is 30.3 Å². The van der Waals surface area contributed by atoms with E-state index in [0.29, 0.717) is 18.1 Å². The van der Waals surface area contributed by atoms with Crippen LogP contribution >= 0.6 is 0 Å². The summed E-state index contributed by atoms with van der Waals surface area (Å²) in [6.07, 6.45) is 3.52. The number of anilines is 2. The zero-order valence-electron chi connectivity index (χ0n) is 16.8. The third-order valence-corrected chi connectivity index (χ3v) is 4.92. The first-order valence-corrected chi connectivity index (χ1v) is 9.81. The maximum absolute atomic E-state index is 12.2. The van der Waals surface area contributed by atoms with Gasteiger partial charge in [-0.15, -0.1) is 5.10 Å². The first-order valence-electron chi connectivity index (χ1n) is 9.81. The normalized spacial score (nSPS) is 14.5. The van der Waals surface area contributed by atoms with E-state index in [1.165, 1.54) is 0 Å². The van der Waals surface area contributed by atoms with E-state index in [-0.39, 0.29) is 6.03 Å². The number of aromatic nitrogens is 6. The van der Waals surface area contributed by atoms with Gasteiger partial charge in [0.25, 0.3) is 0 Å². The van der Waals surface area contributed by atoms with E-state index < -0.39 is 0 Å². The van der Waals surface area contributed by atoms with Crippen LogP contribution in [0, 0.1) is 0 Å². The van der Waals surface area contributed by atoms with E-state index >= 15 is 0 Å². The lowest BCUT2D eigenvalue weighted by atomic mass is 10.2. The maximum atomic E-state index is 12.2. The van der Waals surface area contributed by atoms with Crippen LogP contribution in [-0.4, -0.2) is 80.4 Å². The van der Waals surface area contributed by atoms with Crippen LogP contribution in [0.15, 0.2) is 42.7 Å². The predicted octanol–water partition coefficient (Wildman–Crippen LogP) is 0.611. The zero-order valence-corrected chi connectivity index (χ0v) is 16.8. The molecule has 11 nitrogen and oxygen atoms in total. The van der Waals surface area contributed by atoms with Gasteiger partial charge in [0, 0.05) is 70.0 Å². The molecule has 11 heteroatoms. The number of tetrazole rings is 1. The van der Waals surface area contributed by atoms with Gasteiger partial charge in [-0.25, -0.2) is 19.4 Å². The lowest BCUT2D eigenvalue weighted by Crippen LogP contribution is -2.49. The molecule has 4 rings (SSSR count). The molecule has 156 valence electrons. The van der Waals surface area contributed by atoms with Gasteiger partial charge in [0.1, 0.15) is 0 Å². The highest BCUT2D eigenvalue weighted by molar-refractivity contribution is 5.89. The van der Waals surface area contributed by atoms with E-state index in [4.69, 9.17) is 0 Å². The number of piperazine rings is 1. The monoisotopic (exact) mass is 408 g/mol. The van der Waals surface area contributed by atoms with Crippen LogP contribution in [0.1, 0.15) is 0 Å². The molecule has 1 aliphatic rings. The fraction of sp³-hybridized carbons (Fsp3) is 0.368. The van der Waals surface area contributed by atoms with Crippen LogP contribution in [0.4, 0.5) is 16.4 Å². The van der Waals surface area contributed by atoms with Crippen molar-refractivity contribution in [2.75, 3.05) is 49.5 Å². The minimum atomic E-state index is -0.237. The Balaban J connectivity index is 1.20. The molecule has 0 bridgehead atoms. The summed E-state index contributed by atoms with van der Waals surface area (Å²) in [5.74, 6) is 1.41. The SMILES string of the molecule is Cn1nnnc1-c1cccc(NC(=O)NCCN2CCN(c3ncccn3)CC2)c1. The van der Waals surface area contributed by atoms with Crippen molar-refractivity contribution in [3.8, 4) is 11.4 Å². The van der Waals surface area contributed by atoms with Crippen LogP contribution in [0.5, 0.6) is 0 Å². The Labute approximate surface area is 174 Å². The molecule has 0 radical (unpaired) electrons. The number of amides is 2. The van der Waals surface area contributed by atoms with Crippen LogP contribution in [-0.2, 0) is 7.05 Å². The fourth-order valence-corrected chi connectivity index (χ4v) is 3.34. The second-order valence-electron chi connectivity index (χ2n) is 6.97. The van der Waals surface area contributed by atoms with Crippen molar-refractivity contribution in [1.29, 1.82) is 0 Å². The van der Waals surface area contributed by atoms with E-state index in [1.54, 1.807) is 24.1 Å². The molecule has 0 atom stereocenters. The summed E-state index contributed by atoms with van der Waals surface area (Å²) in [5, 5.41) is 17.2. The number of nitrogens with one attached hydrogen (secondary N) is 2. The van der Waals surface area contributed by atoms with Gasteiger partial charge >= 0.3 is 6.03 Å². The number of benzene rings is 1. The Hall–Kier alpha value is -3.60. The predicted molar refractivity (Wildman–Crippen MR) is 112 cm³/mol. The molecule has 0 spiro atoms. The number of urea groups is 1. The molecule has 2 N–H and O–H groups in total. The smallest absolute Gasteiger partial charge is 0.319 e. The Morgan fingerprint density at radius 2 is 1.90 bits per heavy atom. The van der Waals surface area contributed by atoms with Gasteiger partial charge in [-0.1, -0.05) is 12.1 Å². The molecule has 1 aromatic carbocycles. The lowest BCUT2D eigenvalue weighted by Gasteiger charge is -2.34. The highest BCUT2D eigenvalue weighted by Gasteiger charge is 2.18. The van der Waals surface area contributed by atoms with Crippen LogP contribution in [0.25, 0.3) is 11.4 Å². The van der Waals surface area contributed by atoms with Gasteiger partial charge in [-0.05, 0) is 28.6 Å². The molecule has 3 heterocycles. The number of carbonyl (C=O) groups is 1. The summed E-state index contributed by atoms with van der Waals surface area (Å²) in [6, 6.07) is 9.01. The summed E-state index contributed by atoms with van der Waals surface area (Å²) in [6.45, 7) is 4.94. The van der Waals surface area contributed by atoms with Crippen LogP contribution in [0.2, 0.25) is 0 Å². The Bertz CT molecular complexity index is 968. The minimum Gasteiger partial charge on any atom is -0.338 e. The van der Waals surface area contributed by atoms with E-state index in [2.05, 4.69) is 45.9 Å². The maximum Gasteiger partial charge on any atom is 0.319 e. The molecule has 0 unspecified atom stereocenters. The second kappa shape index (κ2) is 9.27. The van der Waals surface area contributed by atoms with Crippen LogP contribution in [0.3, 0.4) is 0 Å². The number of rotatable bonds is 6. The molecule has 1 aliphatic heterocycles. The number of aryl methyl sites for hydroxylation is 1. The van der Waals surface area contributed by atoms with E-state index in [9.17, 15) is 4.79 Å². The third kappa shape index (κ3) is 4.87. The van der Waals surface area contributed by atoms with Crippen molar-refractivity contribution < 1.29 is 4.79 Å². The van der Waals surface area contributed by atoms with E-state index in [0.717, 1.165) is 44.2 Å². The van der Waals surface area contributed by atoms with Gasteiger partial charge in [0.15, 0.2) is 5.82 Å². The van der Waals surface area contributed by atoms with Crippen molar-refractivity contribution in [1.82, 2.24) is 40.4 Å². The van der Waals surface area contributed by atoms with Gasteiger partial charge < -0.3 is 15.5 Å². The standard InChI is InChI=1S/C19H24N10O/c1-27-17(24-25-26-27)15-4-2-5-16(14-15)23-19(30)22-8-9-28-10-12-29(13-11-28)18-20-6-3-7-21-18/h2-7,14H,8-13H2,1H3,(H2,22,23,30). The summed E-state index contributed by atoms with van der Waals surface area (Å²) in [7, 11) is 1.77. The first kappa shape index (κ1) is 19.7.